The van der Waals surface area contributed by atoms with Gasteiger partial charge in [0.15, 0.2) is 11.6 Å². The zero-order chi connectivity index (χ0) is 23.5. The third kappa shape index (κ3) is 4.85. The molecule has 4 aromatic rings. The molecule has 4 rings (SSSR count). The van der Waals surface area contributed by atoms with Crippen LogP contribution < -0.4 is 5.32 Å². The first-order valence-electron chi connectivity index (χ1n) is 10.3. The molecule has 0 saturated carbocycles. The zero-order valence-electron chi connectivity index (χ0n) is 17.9. The average molecular weight is 499 g/mol. The summed E-state index contributed by atoms with van der Waals surface area (Å²) in [4.78, 5) is 27.0. The van der Waals surface area contributed by atoms with Crippen LogP contribution in [-0.4, -0.2) is 26.5 Å². The van der Waals surface area contributed by atoms with Gasteiger partial charge in [-0.05, 0) is 37.6 Å². The fourth-order valence-electron chi connectivity index (χ4n) is 3.36. The zero-order valence-corrected chi connectivity index (χ0v) is 20.3. The maximum atomic E-state index is 13.3. The predicted octanol–water partition coefficient (Wildman–Crippen LogP) is 5.67. The van der Waals surface area contributed by atoms with Gasteiger partial charge in [-0.1, -0.05) is 60.5 Å². The van der Waals surface area contributed by atoms with E-state index in [-0.39, 0.29) is 18.2 Å². The highest BCUT2D eigenvalue weighted by Gasteiger charge is 2.23. The molecule has 0 radical (unpaired) electrons. The maximum absolute atomic E-state index is 13.3. The molecule has 0 unspecified atom stereocenters. The molecule has 1 N–H and O–H groups in total. The van der Waals surface area contributed by atoms with E-state index < -0.39 is 0 Å². The summed E-state index contributed by atoms with van der Waals surface area (Å²) in [7, 11) is 0. The number of thiophene rings is 1. The van der Waals surface area contributed by atoms with Gasteiger partial charge in [0.05, 0.1) is 22.2 Å². The Bertz CT molecular complexity index is 1330. The molecule has 0 spiro atoms. The van der Waals surface area contributed by atoms with E-state index in [1.54, 1.807) is 24.3 Å². The van der Waals surface area contributed by atoms with Crippen molar-refractivity contribution in [2.24, 2.45) is 0 Å². The molecule has 2 aromatic heterocycles. The molecule has 2 heterocycles. The summed E-state index contributed by atoms with van der Waals surface area (Å²) in [6.07, 6.45) is 0.796. The molecule has 0 aliphatic heterocycles. The largest absolute Gasteiger partial charge is 0.345 e. The van der Waals surface area contributed by atoms with E-state index in [4.69, 9.17) is 23.2 Å². The van der Waals surface area contributed by atoms with E-state index in [0.717, 1.165) is 16.3 Å². The smallest absolute Gasteiger partial charge is 0.251 e. The number of hydrogen-bond acceptors (Lipinski definition) is 5. The molecule has 0 fully saturated rings. The number of aromatic nitrogens is 3. The predicted molar refractivity (Wildman–Crippen MR) is 131 cm³/mol. The first-order valence-corrected chi connectivity index (χ1v) is 11.8. The molecule has 6 nitrogen and oxygen atoms in total. The van der Waals surface area contributed by atoms with Crippen molar-refractivity contribution in [2.75, 3.05) is 0 Å². The number of amides is 1. The highest BCUT2D eigenvalue weighted by atomic mass is 35.5. The molecule has 1 amide bonds. The van der Waals surface area contributed by atoms with Gasteiger partial charge < -0.3 is 5.32 Å². The molecular formula is C24H20Cl2N4O2S. The minimum absolute atomic E-state index is 0.0690. The van der Waals surface area contributed by atoms with Crippen LogP contribution in [0.4, 0.5) is 0 Å². The van der Waals surface area contributed by atoms with Gasteiger partial charge in [-0.3, -0.25) is 14.2 Å². The quantitative estimate of drug-likeness (QED) is 0.333. The number of hydrogen-bond donors (Lipinski definition) is 1. The molecule has 2 aromatic carbocycles. The third-order valence-electron chi connectivity index (χ3n) is 5.08. The number of benzene rings is 2. The van der Waals surface area contributed by atoms with Gasteiger partial charge in [-0.25, -0.2) is 0 Å². The normalized spacial score (nSPS) is 10.9. The number of nitrogens with zero attached hydrogens (tertiary/aromatic N) is 3. The minimum atomic E-state index is -0.318. The van der Waals surface area contributed by atoms with E-state index in [9.17, 15) is 9.59 Å². The van der Waals surface area contributed by atoms with E-state index >= 15 is 0 Å². The van der Waals surface area contributed by atoms with Crippen molar-refractivity contribution in [1.29, 1.82) is 0 Å². The van der Waals surface area contributed by atoms with E-state index in [0.29, 0.717) is 38.4 Å². The Balaban J connectivity index is 1.65. The van der Waals surface area contributed by atoms with Crippen LogP contribution in [0.1, 0.15) is 49.7 Å². The van der Waals surface area contributed by atoms with Crippen LogP contribution >= 0.6 is 34.5 Å². The number of carbonyl (C=O) groups excluding carboxylic acids is 2. The van der Waals surface area contributed by atoms with Crippen LogP contribution in [0, 0.1) is 6.92 Å². The maximum Gasteiger partial charge on any atom is 0.251 e. The highest BCUT2D eigenvalue weighted by molar-refractivity contribution is 7.15. The summed E-state index contributed by atoms with van der Waals surface area (Å²) in [5.41, 5.74) is 1.58. The standard InChI is InChI=1S/C24H20Cl2N4O2S/c1-3-17-12-18(22(31)15-7-5-4-6-8-15)24(33-17)30-14(2)28-29-21(30)13-27-23(32)16-9-10-19(25)20(26)11-16/h4-12H,3,13H2,1-2H3,(H,27,32). The summed E-state index contributed by atoms with van der Waals surface area (Å²) < 4.78 is 1.83. The van der Waals surface area contributed by atoms with Crippen LogP contribution in [0.5, 0.6) is 0 Å². The van der Waals surface area contributed by atoms with Gasteiger partial charge in [0, 0.05) is 16.0 Å². The molecule has 0 aliphatic carbocycles. The Morgan fingerprint density at radius 2 is 1.76 bits per heavy atom. The number of aryl methyl sites for hydroxylation is 2. The lowest BCUT2D eigenvalue weighted by Crippen LogP contribution is -2.24. The summed E-state index contributed by atoms with van der Waals surface area (Å²) >= 11 is 13.5. The monoisotopic (exact) mass is 498 g/mol. The highest BCUT2D eigenvalue weighted by Crippen LogP contribution is 2.31. The van der Waals surface area contributed by atoms with Gasteiger partial charge in [0.1, 0.15) is 10.8 Å². The molecule has 0 aliphatic rings. The van der Waals surface area contributed by atoms with Crippen molar-refractivity contribution in [3.63, 3.8) is 0 Å². The van der Waals surface area contributed by atoms with Gasteiger partial charge >= 0.3 is 0 Å². The van der Waals surface area contributed by atoms with Crippen molar-refractivity contribution in [2.45, 2.75) is 26.8 Å². The fourth-order valence-corrected chi connectivity index (χ4v) is 4.82. The second-order valence-corrected chi connectivity index (χ2v) is 9.22. The Hall–Kier alpha value is -3.00. The summed E-state index contributed by atoms with van der Waals surface area (Å²) in [5.74, 6) is 0.759. The van der Waals surface area contributed by atoms with Crippen LogP contribution in [-0.2, 0) is 13.0 Å². The van der Waals surface area contributed by atoms with Gasteiger partial charge in [0.25, 0.3) is 5.91 Å². The lowest BCUT2D eigenvalue weighted by molar-refractivity contribution is 0.0948. The average Bonchev–Trinajstić information content (AvgIpc) is 3.42. The number of carbonyl (C=O) groups is 2. The first kappa shape index (κ1) is 23.2. The first-order chi connectivity index (χ1) is 15.9. The van der Waals surface area contributed by atoms with E-state index in [1.807, 2.05) is 42.7 Å². The SMILES string of the molecule is CCc1cc(C(=O)c2ccccc2)c(-n2c(C)nnc2CNC(=O)c2ccc(Cl)c(Cl)c2)s1. The molecule has 0 atom stereocenters. The summed E-state index contributed by atoms with van der Waals surface area (Å²) in [5, 5.41) is 12.7. The van der Waals surface area contributed by atoms with Crippen LogP contribution in [0.3, 0.4) is 0 Å². The minimum Gasteiger partial charge on any atom is -0.345 e. The fraction of sp³-hybridized carbons (Fsp3) is 0.167. The Morgan fingerprint density at radius 3 is 2.45 bits per heavy atom. The van der Waals surface area contributed by atoms with Crippen molar-refractivity contribution >= 4 is 46.2 Å². The van der Waals surface area contributed by atoms with Crippen molar-refractivity contribution < 1.29 is 9.59 Å². The van der Waals surface area contributed by atoms with Crippen LogP contribution in [0.25, 0.3) is 5.00 Å². The second-order valence-electron chi connectivity index (χ2n) is 7.29. The molecular weight excluding hydrogens is 479 g/mol. The van der Waals surface area contributed by atoms with Gasteiger partial charge in [-0.15, -0.1) is 21.5 Å². The molecule has 0 bridgehead atoms. The number of halogens is 2. The summed E-state index contributed by atoms with van der Waals surface area (Å²) in [6, 6.07) is 15.8. The Labute approximate surface area is 205 Å². The second kappa shape index (κ2) is 9.87. The van der Waals surface area contributed by atoms with E-state index in [1.165, 1.54) is 17.4 Å². The molecule has 168 valence electrons. The van der Waals surface area contributed by atoms with Gasteiger partial charge in [0.2, 0.25) is 0 Å². The number of rotatable bonds is 7. The summed E-state index contributed by atoms with van der Waals surface area (Å²) in [6.45, 7) is 3.99. The van der Waals surface area contributed by atoms with E-state index in [2.05, 4.69) is 15.5 Å². The molecule has 33 heavy (non-hydrogen) atoms. The van der Waals surface area contributed by atoms with Crippen LogP contribution in [0.2, 0.25) is 10.0 Å². The Kier molecular flexibility index (Phi) is 6.93. The molecule has 9 heteroatoms. The molecule has 0 saturated heterocycles. The van der Waals surface area contributed by atoms with Gasteiger partial charge in [-0.2, -0.15) is 0 Å². The third-order valence-corrected chi connectivity index (χ3v) is 7.08. The lowest BCUT2D eigenvalue weighted by atomic mass is 10.0. The van der Waals surface area contributed by atoms with Crippen molar-refractivity contribution in [1.82, 2.24) is 20.1 Å². The topological polar surface area (TPSA) is 76.9 Å². The van der Waals surface area contributed by atoms with Crippen molar-refractivity contribution in [3.05, 3.63) is 97.9 Å². The number of ketones is 1. The van der Waals surface area contributed by atoms with Crippen LogP contribution in [0.15, 0.2) is 54.6 Å². The Morgan fingerprint density at radius 1 is 1.00 bits per heavy atom. The number of nitrogens with one attached hydrogen (secondary N) is 1. The lowest BCUT2D eigenvalue weighted by Gasteiger charge is -2.10. The van der Waals surface area contributed by atoms with Crippen molar-refractivity contribution in [3.8, 4) is 5.00 Å².